The molecule has 0 aliphatic carbocycles. The largest absolute Gasteiger partial charge is 0.476 e. The minimum Gasteiger partial charge on any atom is -0.476 e. The van der Waals surface area contributed by atoms with Gasteiger partial charge in [0.05, 0.1) is 16.7 Å². The number of imidazole rings is 1. The molecule has 0 amide bonds. The maximum Gasteiger partial charge on any atom is 0.356 e. The Morgan fingerprint density at radius 1 is 1.20 bits per heavy atom. The van der Waals surface area contributed by atoms with Gasteiger partial charge < -0.3 is 5.11 Å². The van der Waals surface area contributed by atoms with Gasteiger partial charge in [-0.15, -0.1) is 0 Å². The highest BCUT2D eigenvalue weighted by Crippen LogP contribution is 2.23. The Morgan fingerprint density at radius 2 is 1.95 bits per heavy atom. The molecule has 0 saturated heterocycles. The molecule has 0 unspecified atom stereocenters. The zero-order valence-corrected chi connectivity index (χ0v) is 11.2. The zero-order valence-electron chi connectivity index (χ0n) is 11.2. The van der Waals surface area contributed by atoms with Crippen LogP contribution in [0, 0.1) is 13.8 Å². The smallest absolute Gasteiger partial charge is 0.356 e. The Kier molecular flexibility index (Phi) is 2.75. The Bertz CT molecular complexity index is 821. The average Bonchev–Trinajstić information content (AvgIpc) is 2.82. The predicted octanol–water partition coefficient (Wildman–Crippen LogP) is 2.74. The van der Waals surface area contributed by atoms with Crippen LogP contribution in [0.25, 0.3) is 16.7 Å². The van der Waals surface area contributed by atoms with Crippen LogP contribution in [-0.4, -0.2) is 25.6 Å². The van der Waals surface area contributed by atoms with Crippen LogP contribution < -0.4 is 0 Å². The molecule has 0 bridgehead atoms. The normalized spacial score (nSPS) is 10.9. The SMILES string of the molecule is Cc1cc2ncn(-c3cccnc3C(=O)O)c2cc1C. The van der Waals surface area contributed by atoms with Gasteiger partial charge in [0.1, 0.15) is 6.33 Å². The van der Waals surface area contributed by atoms with E-state index in [1.54, 1.807) is 23.0 Å². The predicted molar refractivity (Wildman–Crippen MR) is 75.3 cm³/mol. The summed E-state index contributed by atoms with van der Waals surface area (Å²) in [7, 11) is 0. The summed E-state index contributed by atoms with van der Waals surface area (Å²) in [4.78, 5) is 19.6. The monoisotopic (exact) mass is 267 g/mol. The first-order valence-electron chi connectivity index (χ1n) is 6.21. The summed E-state index contributed by atoms with van der Waals surface area (Å²) in [6.45, 7) is 4.05. The zero-order chi connectivity index (χ0) is 14.3. The lowest BCUT2D eigenvalue weighted by atomic mass is 10.1. The van der Waals surface area contributed by atoms with Crippen molar-refractivity contribution in [1.82, 2.24) is 14.5 Å². The molecule has 0 spiro atoms. The van der Waals surface area contributed by atoms with Crippen LogP contribution in [0.3, 0.4) is 0 Å². The van der Waals surface area contributed by atoms with E-state index in [0.717, 1.165) is 22.2 Å². The molecule has 2 aromatic heterocycles. The van der Waals surface area contributed by atoms with Crippen molar-refractivity contribution < 1.29 is 9.90 Å². The highest BCUT2D eigenvalue weighted by Gasteiger charge is 2.15. The van der Waals surface area contributed by atoms with E-state index in [1.807, 2.05) is 26.0 Å². The Morgan fingerprint density at radius 3 is 2.70 bits per heavy atom. The minimum absolute atomic E-state index is 0.0185. The molecule has 2 heterocycles. The summed E-state index contributed by atoms with van der Waals surface area (Å²) in [6, 6.07) is 7.45. The van der Waals surface area contributed by atoms with E-state index in [1.165, 1.54) is 6.20 Å². The van der Waals surface area contributed by atoms with Crippen LogP contribution in [0.5, 0.6) is 0 Å². The number of hydrogen-bond donors (Lipinski definition) is 1. The van der Waals surface area contributed by atoms with Gasteiger partial charge in [-0.25, -0.2) is 14.8 Å². The minimum atomic E-state index is -1.05. The van der Waals surface area contributed by atoms with Gasteiger partial charge in [-0.1, -0.05) is 0 Å². The van der Waals surface area contributed by atoms with Crippen molar-refractivity contribution in [3.63, 3.8) is 0 Å². The highest BCUT2D eigenvalue weighted by atomic mass is 16.4. The maximum absolute atomic E-state index is 11.3. The van der Waals surface area contributed by atoms with Crippen LogP contribution in [0.4, 0.5) is 0 Å². The average molecular weight is 267 g/mol. The van der Waals surface area contributed by atoms with Gasteiger partial charge in [0.2, 0.25) is 0 Å². The van der Waals surface area contributed by atoms with Crippen molar-refractivity contribution in [1.29, 1.82) is 0 Å². The maximum atomic E-state index is 11.3. The second kappa shape index (κ2) is 4.45. The fourth-order valence-electron chi connectivity index (χ4n) is 2.21. The molecule has 3 rings (SSSR count). The second-order valence-corrected chi connectivity index (χ2v) is 4.72. The third-order valence-electron chi connectivity index (χ3n) is 3.41. The van der Waals surface area contributed by atoms with Crippen molar-refractivity contribution in [2.45, 2.75) is 13.8 Å². The summed E-state index contributed by atoms with van der Waals surface area (Å²) in [5.74, 6) is -1.05. The van der Waals surface area contributed by atoms with E-state index < -0.39 is 5.97 Å². The van der Waals surface area contributed by atoms with Crippen LogP contribution in [0.2, 0.25) is 0 Å². The Labute approximate surface area is 115 Å². The van der Waals surface area contributed by atoms with Crippen molar-refractivity contribution in [2.24, 2.45) is 0 Å². The van der Waals surface area contributed by atoms with Crippen LogP contribution in [0.15, 0.2) is 36.8 Å². The molecule has 0 atom stereocenters. The molecule has 5 nitrogen and oxygen atoms in total. The Balaban J connectivity index is 2.31. The van der Waals surface area contributed by atoms with E-state index in [0.29, 0.717) is 5.69 Å². The molecule has 5 heteroatoms. The number of rotatable bonds is 2. The van der Waals surface area contributed by atoms with Gasteiger partial charge >= 0.3 is 5.97 Å². The fraction of sp³-hybridized carbons (Fsp3) is 0.133. The van der Waals surface area contributed by atoms with Gasteiger partial charge in [0.15, 0.2) is 5.69 Å². The lowest BCUT2D eigenvalue weighted by Crippen LogP contribution is -2.07. The van der Waals surface area contributed by atoms with Crippen molar-refractivity contribution in [2.75, 3.05) is 0 Å². The number of benzene rings is 1. The van der Waals surface area contributed by atoms with Crippen molar-refractivity contribution in [3.8, 4) is 5.69 Å². The van der Waals surface area contributed by atoms with Gasteiger partial charge in [0, 0.05) is 6.20 Å². The first kappa shape index (κ1) is 12.3. The lowest BCUT2D eigenvalue weighted by molar-refractivity contribution is 0.0690. The molecule has 1 N–H and O–H groups in total. The number of carbonyl (C=O) groups is 1. The van der Waals surface area contributed by atoms with Crippen LogP contribution >= 0.6 is 0 Å². The van der Waals surface area contributed by atoms with E-state index in [9.17, 15) is 9.90 Å². The third-order valence-corrected chi connectivity index (χ3v) is 3.41. The van der Waals surface area contributed by atoms with Gasteiger partial charge in [-0.05, 0) is 49.2 Å². The topological polar surface area (TPSA) is 68.0 Å². The molecule has 0 fully saturated rings. The highest BCUT2D eigenvalue weighted by molar-refractivity contribution is 5.91. The first-order valence-corrected chi connectivity index (χ1v) is 6.21. The number of aromatic carboxylic acids is 1. The number of aromatic nitrogens is 3. The molecule has 0 radical (unpaired) electrons. The summed E-state index contributed by atoms with van der Waals surface area (Å²) < 4.78 is 1.76. The van der Waals surface area contributed by atoms with Crippen LogP contribution in [-0.2, 0) is 0 Å². The standard InChI is InChI=1S/C15H13N3O2/c1-9-6-11-13(7-10(9)2)18(8-17-11)12-4-3-5-16-14(12)15(19)20/h3-8H,1-2H3,(H,19,20). The number of aryl methyl sites for hydroxylation is 2. The summed E-state index contributed by atoms with van der Waals surface area (Å²) >= 11 is 0. The first-order chi connectivity index (χ1) is 9.58. The summed E-state index contributed by atoms with van der Waals surface area (Å²) in [5, 5.41) is 9.24. The Hall–Kier alpha value is -2.69. The molecule has 0 saturated carbocycles. The molecule has 0 aliphatic rings. The van der Waals surface area contributed by atoms with Crippen LogP contribution in [0.1, 0.15) is 21.6 Å². The number of nitrogens with zero attached hydrogens (tertiary/aromatic N) is 3. The van der Waals surface area contributed by atoms with Crippen molar-refractivity contribution >= 4 is 17.0 Å². The second-order valence-electron chi connectivity index (χ2n) is 4.72. The van der Waals surface area contributed by atoms with E-state index >= 15 is 0 Å². The number of carboxylic acid groups (broad SMARTS) is 1. The van der Waals surface area contributed by atoms with E-state index in [-0.39, 0.29) is 5.69 Å². The third kappa shape index (κ3) is 1.84. The molecule has 100 valence electrons. The van der Waals surface area contributed by atoms with Crippen molar-refractivity contribution in [3.05, 3.63) is 53.6 Å². The van der Waals surface area contributed by atoms with Gasteiger partial charge in [-0.2, -0.15) is 0 Å². The molecule has 1 aromatic carbocycles. The summed E-state index contributed by atoms with van der Waals surface area (Å²) in [6.07, 6.45) is 3.11. The molecular formula is C15H13N3O2. The van der Waals surface area contributed by atoms with E-state index in [2.05, 4.69) is 9.97 Å². The molecular weight excluding hydrogens is 254 g/mol. The molecule has 20 heavy (non-hydrogen) atoms. The summed E-state index contributed by atoms with van der Waals surface area (Å²) in [5.41, 5.74) is 4.56. The number of fused-ring (bicyclic) bond motifs is 1. The van der Waals surface area contributed by atoms with Gasteiger partial charge in [0.25, 0.3) is 0 Å². The number of hydrogen-bond acceptors (Lipinski definition) is 3. The number of carboxylic acids is 1. The quantitative estimate of drug-likeness (QED) is 0.775. The fourth-order valence-corrected chi connectivity index (χ4v) is 2.21. The van der Waals surface area contributed by atoms with Gasteiger partial charge in [-0.3, -0.25) is 4.57 Å². The molecule has 0 aliphatic heterocycles. The lowest BCUT2D eigenvalue weighted by Gasteiger charge is -2.08. The molecule has 3 aromatic rings. The van der Waals surface area contributed by atoms with E-state index in [4.69, 9.17) is 0 Å². The number of pyridine rings is 1.